The number of hydrogen-bond donors (Lipinski definition) is 1. The largest absolute Gasteiger partial charge is 0.275 e. The fraction of sp³-hybridized carbons (Fsp3) is 0.118. The Balaban J connectivity index is 2.14. The van der Waals surface area contributed by atoms with E-state index in [4.69, 9.17) is 5.73 Å². The van der Waals surface area contributed by atoms with Crippen LogP contribution in [0.25, 0.3) is 22.0 Å². The summed E-state index contributed by atoms with van der Waals surface area (Å²) in [4.78, 5) is 0. The lowest BCUT2D eigenvalue weighted by molar-refractivity contribution is -0.684. The van der Waals surface area contributed by atoms with E-state index in [0.29, 0.717) is 6.67 Å². The molecule has 0 amide bonds. The minimum Gasteiger partial charge on any atom is -0.275 e. The van der Waals surface area contributed by atoms with Crippen LogP contribution in [0.1, 0.15) is 11.1 Å². The van der Waals surface area contributed by atoms with Crippen LogP contribution in [0.3, 0.4) is 0 Å². The zero-order valence-corrected chi connectivity index (χ0v) is 10.6. The van der Waals surface area contributed by atoms with Crippen LogP contribution in [-0.2, 0) is 13.1 Å². The molecule has 2 heteroatoms. The first-order valence-electron chi connectivity index (χ1n) is 6.61. The average molecular weight is 247 g/mol. The minimum atomic E-state index is 0.515. The van der Waals surface area contributed by atoms with Crippen LogP contribution >= 0.6 is 0 Å². The molecule has 0 spiro atoms. The number of benzene rings is 2. The van der Waals surface area contributed by atoms with Crippen molar-refractivity contribution in [2.24, 2.45) is 5.73 Å². The molecule has 0 atom stereocenters. The van der Waals surface area contributed by atoms with Crippen molar-refractivity contribution in [1.82, 2.24) is 0 Å². The third-order valence-corrected chi connectivity index (χ3v) is 3.99. The number of nitrogens with two attached hydrogens (primary N) is 1. The molecule has 3 aromatic rings. The summed E-state index contributed by atoms with van der Waals surface area (Å²) in [6.07, 6.45) is 3.17. The van der Waals surface area contributed by atoms with Crippen LogP contribution in [0.2, 0.25) is 0 Å². The molecule has 2 N–H and O–H groups in total. The van der Waals surface area contributed by atoms with E-state index < -0.39 is 0 Å². The lowest BCUT2D eigenvalue weighted by atomic mass is 10.0. The highest BCUT2D eigenvalue weighted by Crippen LogP contribution is 2.37. The van der Waals surface area contributed by atoms with Gasteiger partial charge in [0.15, 0.2) is 12.9 Å². The van der Waals surface area contributed by atoms with Crippen molar-refractivity contribution in [2.75, 3.05) is 0 Å². The molecule has 0 saturated heterocycles. The monoisotopic (exact) mass is 247 g/mol. The molecule has 1 aromatic heterocycles. The predicted molar refractivity (Wildman–Crippen MR) is 76.6 cm³/mol. The van der Waals surface area contributed by atoms with Crippen molar-refractivity contribution in [3.8, 4) is 11.3 Å². The smallest absolute Gasteiger partial charge is 0.218 e. The van der Waals surface area contributed by atoms with Crippen molar-refractivity contribution in [3.05, 3.63) is 65.9 Å². The first kappa shape index (κ1) is 10.7. The fourth-order valence-corrected chi connectivity index (χ4v) is 3.15. The number of fused-ring (bicyclic) bond motifs is 5. The van der Waals surface area contributed by atoms with Gasteiger partial charge < -0.3 is 0 Å². The molecule has 19 heavy (non-hydrogen) atoms. The van der Waals surface area contributed by atoms with Gasteiger partial charge in [0.1, 0.15) is 0 Å². The SMILES string of the molecule is NC[n+]1cc2ccccc2c2c1-c1ccccc1C2. The van der Waals surface area contributed by atoms with Gasteiger partial charge in [0.05, 0.1) is 5.56 Å². The lowest BCUT2D eigenvalue weighted by Crippen LogP contribution is -2.40. The standard InChI is InChI=1S/C17H15N2/c18-11-19-10-13-6-2-3-7-14(13)16-9-12-5-1-4-8-15(12)17(16)19/h1-8,10H,9,11,18H2/q+1. The Morgan fingerprint density at radius 2 is 1.79 bits per heavy atom. The number of pyridine rings is 1. The molecule has 0 radical (unpaired) electrons. The van der Waals surface area contributed by atoms with Crippen molar-refractivity contribution in [2.45, 2.75) is 13.1 Å². The molecule has 4 rings (SSSR count). The Morgan fingerprint density at radius 1 is 1.00 bits per heavy atom. The van der Waals surface area contributed by atoms with E-state index in [-0.39, 0.29) is 0 Å². The maximum absolute atomic E-state index is 5.93. The summed E-state index contributed by atoms with van der Waals surface area (Å²) in [5.41, 5.74) is 11.4. The van der Waals surface area contributed by atoms with Crippen LogP contribution in [0.15, 0.2) is 54.7 Å². The number of nitrogens with zero attached hydrogens (tertiary/aromatic N) is 1. The van der Waals surface area contributed by atoms with Gasteiger partial charge in [-0.05, 0) is 23.1 Å². The van der Waals surface area contributed by atoms with E-state index in [1.807, 2.05) is 0 Å². The van der Waals surface area contributed by atoms with E-state index in [1.165, 1.54) is 33.2 Å². The van der Waals surface area contributed by atoms with E-state index in [0.717, 1.165) is 6.42 Å². The van der Waals surface area contributed by atoms with Crippen molar-refractivity contribution >= 4 is 10.8 Å². The van der Waals surface area contributed by atoms with E-state index in [1.54, 1.807) is 0 Å². The molecule has 92 valence electrons. The van der Waals surface area contributed by atoms with Crippen LogP contribution in [0.5, 0.6) is 0 Å². The number of hydrogen-bond acceptors (Lipinski definition) is 1. The topological polar surface area (TPSA) is 29.9 Å². The maximum atomic E-state index is 5.93. The molecule has 0 bridgehead atoms. The zero-order valence-electron chi connectivity index (χ0n) is 10.6. The Bertz CT molecular complexity index is 790. The highest BCUT2D eigenvalue weighted by Gasteiger charge is 2.29. The highest BCUT2D eigenvalue weighted by molar-refractivity contribution is 5.91. The molecule has 0 unspecified atom stereocenters. The summed E-state index contributed by atoms with van der Waals surface area (Å²) in [5, 5.41) is 2.61. The minimum absolute atomic E-state index is 0.515. The third-order valence-electron chi connectivity index (χ3n) is 3.99. The Labute approximate surface area is 112 Å². The molecular weight excluding hydrogens is 232 g/mol. The second-order valence-corrected chi connectivity index (χ2v) is 5.03. The molecule has 0 fully saturated rings. The van der Waals surface area contributed by atoms with E-state index >= 15 is 0 Å². The fourth-order valence-electron chi connectivity index (χ4n) is 3.15. The van der Waals surface area contributed by atoms with Gasteiger partial charge in [0, 0.05) is 17.4 Å². The third kappa shape index (κ3) is 1.44. The summed E-state index contributed by atoms with van der Waals surface area (Å²) in [7, 11) is 0. The summed E-state index contributed by atoms with van der Waals surface area (Å²) in [6.45, 7) is 0.515. The second-order valence-electron chi connectivity index (χ2n) is 5.03. The summed E-state index contributed by atoms with van der Waals surface area (Å²) < 4.78 is 2.17. The number of rotatable bonds is 1. The van der Waals surface area contributed by atoms with Gasteiger partial charge >= 0.3 is 0 Å². The van der Waals surface area contributed by atoms with Crippen LogP contribution in [-0.4, -0.2) is 0 Å². The maximum Gasteiger partial charge on any atom is 0.218 e. The molecule has 0 aliphatic heterocycles. The van der Waals surface area contributed by atoms with Gasteiger partial charge in [0.25, 0.3) is 0 Å². The molecule has 1 heterocycles. The first-order valence-corrected chi connectivity index (χ1v) is 6.61. The lowest BCUT2D eigenvalue weighted by Gasteiger charge is -2.05. The first-order chi connectivity index (χ1) is 9.38. The van der Waals surface area contributed by atoms with Gasteiger partial charge in [-0.15, -0.1) is 0 Å². The number of aromatic nitrogens is 1. The Morgan fingerprint density at radius 3 is 2.68 bits per heavy atom. The molecular formula is C17H15N2+. The normalized spacial score (nSPS) is 12.5. The molecule has 2 nitrogen and oxygen atoms in total. The molecule has 0 saturated carbocycles. The summed E-state index contributed by atoms with van der Waals surface area (Å²) in [5.74, 6) is 0. The average Bonchev–Trinajstić information content (AvgIpc) is 2.86. The van der Waals surface area contributed by atoms with Crippen LogP contribution < -0.4 is 10.3 Å². The molecule has 1 aliphatic carbocycles. The summed E-state index contributed by atoms with van der Waals surface area (Å²) in [6, 6.07) is 17.2. The van der Waals surface area contributed by atoms with Gasteiger partial charge in [-0.3, -0.25) is 5.73 Å². The predicted octanol–water partition coefficient (Wildman–Crippen LogP) is 2.61. The van der Waals surface area contributed by atoms with Crippen molar-refractivity contribution in [3.63, 3.8) is 0 Å². The van der Waals surface area contributed by atoms with Gasteiger partial charge in [-0.25, -0.2) is 0 Å². The van der Waals surface area contributed by atoms with Gasteiger partial charge in [-0.1, -0.05) is 36.4 Å². The highest BCUT2D eigenvalue weighted by atomic mass is 15.0. The van der Waals surface area contributed by atoms with Crippen LogP contribution in [0.4, 0.5) is 0 Å². The van der Waals surface area contributed by atoms with E-state index in [9.17, 15) is 0 Å². The molecule has 1 aliphatic rings. The quantitative estimate of drug-likeness (QED) is 0.515. The summed E-state index contributed by atoms with van der Waals surface area (Å²) >= 11 is 0. The second kappa shape index (κ2) is 3.90. The zero-order chi connectivity index (χ0) is 12.8. The molecule has 2 aromatic carbocycles. The Hall–Kier alpha value is -2.19. The van der Waals surface area contributed by atoms with Crippen molar-refractivity contribution in [1.29, 1.82) is 0 Å². The van der Waals surface area contributed by atoms with E-state index in [2.05, 4.69) is 59.3 Å². The Kier molecular flexibility index (Phi) is 2.20. The van der Waals surface area contributed by atoms with Gasteiger partial charge in [-0.2, -0.15) is 4.57 Å². The van der Waals surface area contributed by atoms with Crippen molar-refractivity contribution < 1.29 is 4.57 Å². The van der Waals surface area contributed by atoms with Gasteiger partial charge in [0.2, 0.25) is 5.69 Å². The van der Waals surface area contributed by atoms with Crippen LogP contribution in [0, 0.1) is 0 Å².